The van der Waals surface area contributed by atoms with E-state index in [0.29, 0.717) is 36.9 Å². The SMILES string of the molecule is COc1ccc(CN2[C@H](C)CN(C(=O)OC(C)(C)C)C[C@@H]2C)cn1.COc1ccc(CN2[C@H](C)CNC[C@@H]2C)cn1. The Morgan fingerprint density at radius 2 is 1.24 bits per heavy atom. The molecule has 2 aromatic rings. The van der Waals surface area contributed by atoms with Gasteiger partial charge < -0.3 is 24.4 Å². The highest BCUT2D eigenvalue weighted by atomic mass is 16.6. The Kier molecular flexibility index (Phi) is 11.7. The van der Waals surface area contributed by atoms with Crippen LogP contribution in [0.4, 0.5) is 4.79 Å². The zero-order valence-corrected chi connectivity index (χ0v) is 26.4. The lowest BCUT2D eigenvalue weighted by Crippen LogP contribution is -2.58. The summed E-state index contributed by atoms with van der Waals surface area (Å²) in [5.74, 6) is 1.30. The van der Waals surface area contributed by atoms with Crippen LogP contribution in [0.2, 0.25) is 0 Å². The summed E-state index contributed by atoms with van der Waals surface area (Å²) in [6.45, 7) is 19.7. The minimum atomic E-state index is -0.463. The molecule has 4 atom stereocenters. The monoisotopic (exact) mass is 570 g/mol. The molecule has 4 rings (SSSR count). The maximum absolute atomic E-state index is 12.3. The van der Waals surface area contributed by atoms with Crippen molar-refractivity contribution in [3.8, 4) is 11.8 Å². The molecule has 228 valence electrons. The first-order valence-corrected chi connectivity index (χ1v) is 14.6. The Balaban J connectivity index is 0.000000239. The van der Waals surface area contributed by atoms with Gasteiger partial charge in [-0.05, 0) is 59.6 Å². The lowest BCUT2D eigenvalue weighted by atomic mass is 10.1. The van der Waals surface area contributed by atoms with Gasteiger partial charge in [0.15, 0.2) is 0 Å². The van der Waals surface area contributed by atoms with Crippen molar-refractivity contribution in [2.45, 2.75) is 91.3 Å². The van der Waals surface area contributed by atoms with Crippen LogP contribution in [0.15, 0.2) is 36.7 Å². The number of hydrogen-bond acceptors (Lipinski definition) is 9. The quantitative estimate of drug-likeness (QED) is 0.549. The van der Waals surface area contributed by atoms with Crippen molar-refractivity contribution in [3.05, 3.63) is 47.8 Å². The molecule has 0 radical (unpaired) electrons. The molecular weight excluding hydrogens is 520 g/mol. The molecule has 0 unspecified atom stereocenters. The molecule has 0 aliphatic carbocycles. The van der Waals surface area contributed by atoms with Gasteiger partial charge in [-0.25, -0.2) is 14.8 Å². The molecule has 0 spiro atoms. The Morgan fingerprint density at radius 1 is 0.805 bits per heavy atom. The molecule has 2 aromatic heterocycles. The molecule has 2 aliphatic rings. The number of rotatable bonds is 6. The highest BCUT2D eigenvalue weighted by Crippen LogP contribution is 2.21. The van der Waals surface area contributed by atoms with Crippen LogP contribution < -0.4 is 14.8 Å². The number of carbonyl (C=O) groups excluding carboxylic acids is 1. The van der Waals surface area contributed by atoms with E-state index in [4.69, 9.17) is 14.2 Å². The maximum atomic E-state index is 12.3. The Hall–Kier alpha value is -2.95. The van der Waals surface area contributed by atoms with E-state index in [1.807, 2.05) is 56.3 Å². The van der Waals surface area contributed by atoms with Gasteiger partial charge in [0.2, 0.25) is 11.8 Å². The average molecular weight is 571 g/mol. The van der Waals surface area contributed by atoms with Crippen LogP contribution in [0.1, 0.15) is 59.6 Å². The lowest BCUT2D eigenvalue weighted by molar-refractivity contribution is -0.00970. The predicted octanol–water partition coefficient (Wildman–Crippen LogP) is 4.19. The molecule has 10 nitrogen and oxygen atoms in total. The molecule has 1 amide bonds. The van der Waals surface area contributed by atoms with Crippen molar-refractivity contribution in [1.82, 2.24) is 30.0 Å². The maximum Gasteiger partial charge on any atom is 0.410 e. The van der Waals surface area contributed by atoms with E-state index in [1.165, 1.54) is 5.56 Å². The number of aromatic nitrogens is 2. The van der Waals surface area contributed by atoms with Crippen LogP contribution in [-0.2, 0) is 17.8 Å². The van der Waals surface area contributed by atoms with Crippen LogP contribution in [0, 0.1) is 0 Å². The molecule has 2 fully saturated rings. The number of nitrogens with zero attached hydrogens (tertiary/aromatic N) is 5. The fourth-order valence-corrected chi connectivity index (χ4v) is 5.30. The second-order valence-electron chi connectivity index (χ2n) is 12.2. The minimum absolute atomic E-state index is 0.230. The van der Waals surface area contributed by atoms with Gasteiger partial charge in [0.1, 0.15) is 5.60 Å². The normalized spacial score (nSPS) is 23.8. The van der Waals surface area contributed by atoms with Gasteiger partial charge in [-0.15, -0.1) is 0 Å². The molecule has 0 aromatic carbocycles. The summed E-state index contributed by atoms with van der Waals surface area (Å²) in [5.41, 5.74) is 1.92. The van der Waals surface area contributed by atoms with Crippen molar-refractivity contribution in [3.63, 3.8) is 0 Å². The van der Waals surface area contributed by atoms with E-state index >= 15 is 0 Å². The van der Waals surface area contributed by atoms with Gasteiger partial charge >= 0.3 is 6.09 Å². The molecule has 41 heavy (non-hydrogen) atoms. The first kappa shape index (κ1) is 32.6. The van der Waals surface area contributed by atoms with Crippen molar-refractivity contribution in [2.75, 3.05) is 40.4 Å². The minimum Gasteiger partial charge on any atom is -0.481 e. The Labute approximate surface area is 246 Å². The summed E-state index contributed by atoms with van der Waals surface area (Å²) in [4.78, 5) is 27.5. The molecule has 2 aliphatic heterocycles. The van der Waals surface area contributed by atoms with Crippen LogP contribution in [0.5, 0.6) is 11.8 Å². The third-order valence-electron chi connectivity index (χ3n) is 7.51. The summed E-state index contributed by atoms with van der Waals surface area (Å²) < 4.78 is 15.7. The van der Waals surface area contributed by atoms with E-state index in [-0.39, 0.29) is 18.2 Å². The predicted molar refractivity (Wildman–Crippen MR) is 161 cm³/mol. The molecule has 10 heteroatoms. The van der Waals surface area contributed by atoms with Crippen molar-refractivity contribution in [2.24, 2.45) is 0 Å². The van der Waals surface area contributed by atoms with Gasteiger partial charge in [-0.3, -0.25) is 9.80 Å². The van der Waals surface area contributed by atoms with E-state index in [9.17, 15) is 4.79 Å². The summed E-state index contributed by atoms with van der Waals surface area (Å²) in [7, 11) is 3.25. The summed E-state index contributed by atoms with van der Waals surface area (Å²) in [5, 5.41) is 3.44. The third-order valence-corrected chi connectivity index (χ3v) is 7.51. The Morgan fingerprint density at radius 3 is 1.61 bits per heavy atom. The zero-order valence-electron chi connectivity index (χ0n) is 26.4. The lowest BCUT2D eigenvalue weighted by Gasteiger charge is -2.44. The van der Waals surface area contributed by atoms with E-state index in [0.717, 1.165) is 31.7 Å². The molecular formula is C31H50N6O4. The van der Waals surface area contributed by atoms with Gasteiger partial charge in [0, 0.05) is 88.0 Å². The van der Waals surface area contributed by atoms with Crippen LogP contribution in [0.25, 0.3) is 0 Å². The highest BCUT2D eigenvalue weighted by molar-refractivity contribution is 5.68. The number of piperazine rings is 2. The van der Waals surface area contributed by atoms with Gasteiger partial charge in [-0.2, -0.15) is 0 Å². The smallest absolute Gasteiger partial charge is 0.410 e. The zero-order chi connectivity index (χ0) is 30.2. The fraction of sp³-hybridized carbons (Fsp3) is 0.645. The molecule has 2 saturated heterocycles. The molecule has 1 N–H and O–H groups in total. The molecule has 4 heterocycles. The topological polar surface area (TPSA) is 92.3 Å². The highest BCUT2D eigenvalue weighted by Gasteiger charge is 2.34. The van der Waals surface area contributed by atoms with Crippen molar-refractivity contribution >= 4 is 6.09 Å². The molecule has 0 saturated carbocycles. The number of pyridine rings is 2. The van der Waals surface area contributed by atoms with Gasteiger partial charge in [0.05, 0.1) is 14.2 Å². The van der Waals surface area contributed by atoms with Gasteiger partial charge in [-0.1, -0.05) is 12.1 Å². The second kappa shape index (κ2) is 14.8. The van der Waals surface area contributed by atoms with Crippen molar-refractivity contribution < 1.29 is 19.0 Å². The number of methoxy groups -OCH3 is 2. The van der Waals surface area contributed by atoms with Crippen molar-refractivity contribution in [1.29, 1.82) is 0 Å². The standard InChI is InChI=1S/C18H29N3O3.C13H21N3O/c1-13-10-20(17(22)24-18(3,4)5)11-14(2)21(13)12-15-7-8-16(23-6)19-9-15;1-10-6-14-7-11(2)16(10)9-12-4-5-13(17-3)15-8-12/h7-9,13-14H,10-12H2,1-6H3;4-5,8,10-11,14H,6-7,9H2,1-3H3/t13-,14+;10-,11+. The summed E-state index contributed by atoms with van der Waals surface area (Å²) in [6.07, 6.45) is 3.52. The van der Waals surface area contributed by atoms with Crippen LogP contribution >= 0.6 is 0 Å². The average Bonchev–Trinajstić information content (AvgIpc) is 2.93. The van der Waals surface area contributed by atoms with Crippen LogP contribution in [-0.4, -0.2) is 101 Å². The van der Waals surface area contributed by atoms with E-state index < -0.39 is 5.60 Å². The van der Waals surface area contributed by atoms with Gasteiger partial charge in [0.25, 0.3) is 0 Å². The summed E-state index contributed by atoms with van der Waals surface area (Å²) >= 11 is 0. The first-order chi connectivity index (χ1) is 19.4. The third kappa shape index (κ3) is 9.83. The second-order valence-corrected chi connectivity index (χ2v) is 12.2. The number of carbonyl (C=O) groups is 1. The number of hydrogen-bond donors (Lipinski definition) is 1. The number of nitrogens with one attached hydrogen (secondary N) is 1. The number of ether oxygens (including phenoxy) is 3. The van der Waals surface area contributed by atoms with Crippen LogP contribution in [0.3, 0.4) is 0 Å². The Bertz CT molecular complexity index is 1050. The fourth-order valence-electron chi connectivity index (χ4n) is 5.30. The number of amides is 1. The van der Waals surface area contributed by atoms with E-state index in [1.54, 1.807) is 14.2 Å². The molecule has 0 bridgehead atoms. The first-order valence-electron chi connectivity index (χ1n) is 14.6. The van der Waals surface area contributed by atoms with E-state index in [2.05, 4.69) is 58.8 Å². The largest absolute Gasteiger partial charge is 0.481 e. The summed E-state index contributed by atoms with van der Waals surface area (Å²) in [6, 6.07) is 9.57.